The number of imide groups is 1. The first-order valence-electron chi connectivity index (χ1n) is 7.92. The Morgan fingerprint density at radius 3 is 2.44 bits per heavy atom. The van der Waals surface area contributed by atoms with E-state index in [1.807, 2.05) is 0 Å². The maximum atomic E-state index is 12.1. The molecule has 0 spiro atoms. The van der Waals surface area contributed by atoms with E-state index in [1.54, 1.807) is 24.3 Å². The molecule has 1 aromatic rings. The topological polar surface area (TPSA) is 114 Å². The number of carbonyl (C=O) groups is 3. The first-order chi connectivity index (χ1) is 12.0. The zero-order chi connectivity index (χ0) is 18.2. The molecule has 1 aliphatic rings. The number of benzene rings is 1. The summed E-state index contributed by atoms with van der Waals surface area (Å²) in [5.41, 5.74) is 6.02. The molecule has 0 atom stereocenters. The van der Waals surface area contributed by atoms with E-state index in [2.05, 4.69) is 10.6 Å². The van der Waals surface area contributed by atoms with Gasteiger partial charge in [-0.3, -0.25) is 4.79 Å². The number of primary amides is 1. The van der Waals surface area contributed by atoms with Gasteiger partial charge in [0.2, 0.25) is 5.91 Å². The maximum absolute atomic E-state index is 12.1. The van der Waals surface area contributed by atoms with Crippen LogP contribution in [0.4, 0.5) is 9.59 Å². The first-order valence-corrected chi connectivity index (χ1v) is 8.30. The van der Waals surface area contributed by atoms with Crippen molar-refractivity contribution < 1.29 is 19.1 Å². The quantitative estimate of drug-likeness (QED) is 0.725. The number of amides is 5. The van der Waals surface area contributed by atoms with E-state index in [9.17, 15) is 14.4 Å². The van der Waals surface area contributed by atoms with Gasteiger partial charge in [0.25, 0.3) is 0 Å². The van der Waals surface area contributed by atoms with Crippen LogP contribution < -0.4 is 16.4 Å². The van der Waals surface area contributed by atoms with Gasteiger partial charge >= 0.3 is 12.1 Å². The Morgan fingerprint density at radius 2 is 1.84 bits per heavy atom. The first kappa shape index (κ1) is 19.0. The Morgan fingerprint density at radius 1 is 1.20 bits per heavy atom. The Hall–Kier alpha value is -2.32. The van der Waals surface area contributed by atoms with Gasteiger partial charge in [0, 0.05) is 30.8 Å². The van der Waals surface area contributed by atoms with Gasteiger partial charge in [-0.25, -0.2) is 14.5 Å². The Balaban J connectivity index is 1.85. The Bertz CT molecular complexity index is 617. The second-order valence-electron chi connectivity index (χ2n) is 5.66. The number of nitrogens with one attached hydrogen (secondary N) is 2. The number of halogens is 1. The van der Waals surface area contributed by atoms with E-state index in [4.69, 9.17) is 22.1 Å². The van der Waals surface area contributed by atoms with Crippen molar-refractivity contribution in [3.8, 4) is 0 Å². The third kappa shape index (κ3) is 6.24. The highest BCUT2D eigenvalue weighted by Crippen LogP contribution is 2.09. The summed E-state index contributed by atoms with van der Waals surface area (Å²) in [4.78, 5) is 36.4. The van der Waals surface area contributed by atoms with E-state index < -0.39 is 24.5 Å². The minimum absolute atomic E-state index is 0.0203. The molecule has 8 nitrogen and oxygen atoms in total. The average molecular weight is 369 g/mol. The molecule has 1 aromatic carbocycles. The van der Waals surface area contributed by atoms with E-state index in [1.165, 1.54) is 0 Å². The van der Waals surface area contributed by atoms with E-state index in [0.29, 0.717) is 36.0 Å². The van der Waals surface area contributed by atoms with Crippen molar-refractivity contribution in [1.82, 2.24) is 15.5 Å². The number of hydrogen-bond donors (Lipinski definition) is 3. The summed E-state index contributed by atoms with van der Waals surface area (Å²) in [6, 6.07) is 5.13. The van der Waals surface area contributed by atoms with Crippen LogP contribution in [0.2, 0.25) is 5.02 Å². The predicted molar refractivity (Wildman–Crippen MR) is 92.0 cm³/mol. The van der Waals surface area contributed by atoms with Gasteiger partial charge in [-0.1, -0.05) is 23.7 Å². The van der Waals surface area contributed by atoms with Crippen LogP contribution in [0.1, 0.15) is 18.4 Å². The summed E-state index contributed by atoms with van der Waals surface area (Å²) in [6.45, 7) is 0.901. The summed E-state index contributed by atoms with van der Waals surface area (Å²) in [5.74, 6) is -0.438. The molecule has 4 N–H and O–H groups in total. The smallest absolute Gasteiger partial charge is 0.326 e. The highest BCUT2D eigenvalue weighted by atomic mass is 35.5. The fourth-order valence-corrected chi connectivity index (χ4v) is 2.51. The van der Waals surface area contributed by atoms with Gasteiger partial charge in [0.15, 0.2) is 0 Å². The number of ether oxygens (including phenoxy) is 1. The summed E-state index contributed by atoms with van der Waals surface area (Å²) in [6.07, 6.45) is 1.40. The molecule has 136 valence electrons. The fraction of sp³-hybridized carbons (Fsp3) is 0.438. The number of carbonyl (C=O) groups excluding carboxylic acids is 3. The number of nitrogens with two attached hydrogens (primary N) is 1. The molecule has 0 bridgehead atoms. The van der Waals surface area contributed by atoms with Gasteiger partial charge in [-0.2, -0.15) is 0 Å². The monoisotopic (exact) mass is 368 g/mol. The molecule has 2 rings (SSSR count). The molecular weight excluding hydrogens is 348 g/mol. The molecule has 5 amide bonds. The van der Waals surface area contributed by atoms with Crippen LogP contribution in [0.15, 0.2) is 24.3 Å². The predicted octanol–water partition coefficient (Wildman–Crippen LogP) is 1.23. The molecular formula is C16H21ClN4O4. The van der Waals surface area contributed by atoms with Crippen molar-refractivity contribution in [3.05, 3.63) is 34.9 Å². The lowest BCUT2D eigenvalue weighted by Gasteiger charge is -2.25. The lowest BCUT2D eigenvalue weighted by molar-refractivity contribution is -0.122. The number of urea groups is 2. The second kappa shape index (κ2) is 9.24. The molecule has 0 radical (unpaired) electrons. The summed E-state index contributed by atoms with van der Waals surface area (Å²) >= 11 is 5.79. The summed E-state index contributed by atoms with van der Waals surface area (Å²) in [7, 11) is 0. The van der Waals surface area contributed by atoms with Crippen molar-refractivity contribution in [2.24, 2.45) is 5.73 Å². The molecule has 0 saturated carbocycles. The number of rotatable bonds is 5. The lowest BCUT2D eigenvalue weighted by Crippen LogP contribution is -2.52. The molecule has 25 heavy (non-hydrogen) atoms. The van der Waals surface area contributed by atoms with Crippen LogP contribution in [0.3, 0.4) is 0 Å². The summed E-state index contributed by atoms with van der Waals surface area (Å²) in [5, 5.41) is 5.91. The number of nitrogens with zero attached hydrogens (tertiary/aromatic N) is 1. The van der Waals surface area contributed by atoms with Crippen LogP contribution in [-0.4, -0.2) is 48.7 Å². The SMILES string of the molecule is NC(=O)N(CC(=O)NC1CCOCC1)C(=O)NCc1ccc(Cl)cc1. The fourth-order valence-electron chi connectivity index (χ4n) is 2.38. The third-order valence-electron chi connectivity index (χ3n) is 3.76. The molecule has 0 aromatic heterocycles. The Kier molecular flexibility index (Phi) is 7.03. The Labute approximate surface area is 150 Å². The largest absolute Gasteiger partial charge is 0.381 e. The van der Waals surface area contributed by atoms with Gasteiger partial charge in [-0.05, 0) is 30.5 Å². The van der Waals surface area contributed by atoms with Gasteiger partial charge < -0.3 is 21.1 Å². The molecule has 0 unspecified atom stereocenters. The second-order valence-corrected chi connectivity index (χ2v) is 6.10. The van der Waals surface area contributed by atoms with Crippen molar-refractivity contribution >= 4 is 29.6 Å². The van der Waals surface area contributed by atoms with Gasteiger partial charge in [0.05, 0.1) is 0 Å². The molecule has 1 aliphatic heterocycles. The average Bonchev–Trinajstić information content (AvgIpc) is 2.59. The highest BCUT2D eigenvalue weighted by molar-refractivity contribution is 6.30. The van der Waals surface area contributed by atoms with E-state index in [0.717, 1.165) is 5.56 Å². The van der Waals surface area contributed by atoms with Crippen LogP contribution in [-0.2, 0) is 16.1 Å². The van der Waals surface area contributed by atoms with E-state index >= 15 is 0 Å². The molecule has 0 aliphatic carbocycles. The van der Waals surface area contributed by atoms with Crippen LogP contribution in [0, 0.1) is 0 Å². The highest BCUT2D eigenvalue weighted by Gasteiger charge is 2.24. The van der Waals surface area contributed by atoms with Crippen molar-refractivity contribution in [1.29, 1.82) is 0 Å². The van der Waals surface area contributed by atoms with Gasteiger partial charge in [-0.15, -0.1) is 0 Å². The minimum Gasteiger partial charge on any atom is -0.381 e. The summed E-state index contributed by atoms with van der Waals surface area (Å²) < 4.78 is 5.21. The van der Waals surface area contributed by atoms with Crippen LogP contribution in [0.5, 0.6) is 0 Å². The normalized spacial score (nSPS) is 14.6. The standard InChI is InChI=1S/C16H21ClN4O4/c17-12-3-1-11(2-4-12)9-19-16(24)21(15(18)23)10-14(22)20-13-5-7-25-8-6-13/h1-4,13H,5-10H2,(H2,18,23)(H,19,24)(H,20,22). The van der Waals surface area contributed by atoms with Crippen molar-refractivity contribution in [3.63, 3.8) is 0 Å². The number of hydrogen-bond acceptors (Lipinski definition) is 4. The van der Waals surface area contributed by atoms with E-state index in [-0.39, 0.29) is 12.6 Å². The van der Waals surface area contributed by atoms with Crippen LogP contribution in [0.25, 0.3) is 0 Å². The minimum atomic E-state index is -0.990. The molecule has 1 saturated heterocycles. The maximum Gasteiger partial charge on any atom is 0.326 e. The van der Waals surface area contributed by atoms with Crippen molar-refractivity contribution in [2.45, 2.75) is 25.4 Å². The molecule has 9 heteroatoms. The third-order valence-corrected chi connectivity index (χ3v) is 4.01. The van der Waals surface area contributed by atoms with Crippen molar-refractivity contribution in [2.75, 3.05) is 19.8 Å². The molecule has 1 fully saturated rings. The lowest BCUT2D eigenvalue weighted by atomic mass is 10.1. The van der Waals surface area contributed by atoms with Gasteiger partial charge in [0.1, 0.15) is 6.54 Å². The van der Waals surface area contributed by atoms with Crippen LogP contribution >= 0.6 is 11.6 Å². The zero-order valence-electron chi connectivity index (χ0n) is 13.7. The molecule has 1 heterocycles. The zero-order valence-corrected chi connectivity index (χ0v) is 14.4.